The van der Waals surface area contributed by atoms with E-state index in [1.54, 1.807) is 4.57 Å². The summed E-state index contributed by atoms with van der Waals surface area (Å²) < 4.78 is 29.5. The van der Waals surface area contributed by atoms with Crippen molar-refractivity contribution in [2.24, 2.45) is 11.3 Å². The zero-order valence-corrected chi connectivity index (χ0v) is 16.1. The molecule has 27 heavy (non-hydrogen) atoms. The number of hydrogen-bond donors (Lipinski definition) is 5. The molecule has 6 N–H and O–H groups in total. The molecule has 0 unspecified atom stereocenters. The Morgan fingerprint density at radius 2 is 2.04 bits per heavy atom. The van der Waals surface area contributed by atoms with Crippen LogP contribution in [0.2, 0.25) is 5.28 Å². The van der Waals surface area contributed by atoms with Crippen LogP contribution in [0.5, 0.6) is 0 Å². The first kappa shape index (κ1) is 19.2. The number of hydrogen-bond acceptors (Lipinski definition) is 7. The van der Waals surface area contributed by atoms with Crippen LogP contribution in [0, 0.1) is 11.3 Å². The maximum Gasteiger partial charge on any atom is 0.469 e. The fourth-order valence-corrected chi connectivity index (χ4v) is 6.43. The van der Waals surface area contributed by atoms with Gasteiger partial charge in [-0.2, -0.15) is 9.97 Å². The van der Waals surface area contributed by atoms with Gasteiger partial charge >= 0.3 is 15.4 Å². The van der Waals surface area contributed by atoms with Crippen molar-refractivity contribution in [1.82, 2.24) is 19.5 Å². The van der Waals surface area contributed by atoms with Gasteiger partial charge in [0, 0.05) is 11.5 Å². The van der Waals surface area contributed by atoms with Gasteiger partial charge in [0.05, 0.1) is 18.6 Å². The van der Waals surface area contributed by atoms with E-state index in [4.69, 9.17) is 21.9 Å². The second kappa shape index (κ2) is 5.95. The molecule has 4 rings (SSSR count). The Labute approximate surface area is 157 Å². The lowest BCUT2D eigenvalue weighted by atomic mass is 10.0. The number of aromatic nitrogens is 4. The third-order valence-electron chi connectivity index (χ3n) is 5.28. The van der Waals surface area contributed by atoms with Crippen LogP contribution in [0.4, 0.5) is 5.82 Å². The number of anilines is 1. The van der Waals surface area contributed by atoms with Crippen LogP contribution < -0.4 is 5.73 Å². The molecule has 0 saturated heterocycles. The van der Waals surface area contributed by atoms with Gasteiger partial charge in [-0.25, -0.2) is 9.55 Å². The van der Waals surface area contributed by atoms with E-state index in [9.17, 15) is 28.7 Å². The number of fused-ring (bicyclic) bond motifs is 2. The molecule has 0 aliphatic heterocycles. The Morgan fingerprint density at radius 1 is 1.33 bits per heavy atom. The van der Waals surface area contributed by atoms with Crippen LogP contribution in [-0.4, -0.2) is 51.4 Å². The second-order valence-corrected chi connectivity index (χ2v) is 10.1. The van der Waals surface area contributed by atoms with Gasteiger partial charge in [0.1, 0.15) is 5.52 Å². The van der Waals surface area contributed by atoms with Crippen molar-refractivity contribution < 1.29 is 33.2 Å². The van der Waals surface area contributed by atoms with E-state index in [2.05, 4.69) is 15.0 Å². The molecule has 148 valence electrons. The Bertz CT molecular complexity index is 1020. The summed E-state index contributed by atoms with van der Waals surface area (Å²) >= 11 is 5.86. The highest BCUT2D eigenvalue weighted by Gasteiger charge is 2.70. The molecule has 0 amide bonds. The molecule has 0 spiro atoms. The third-order valence-corrected chi connectivity index (χ3v) is 6.98. The van der Waals surface area contributed by atoms with E-state index < -0.39 is 33.1 Å². The highest BCUT2D eigenvalue weighted by atomic mass is 35.5. The van der Waals surface area contributed by atoms with E-state index in [0.29, 0.717) is 17.6 Å². The molecule has 2 heterocycles. The highest BCUT2D eigenvalue weighted by Crippen LogP contribution is 2.73. The molecule has 0 bridgehead atoms. The van der Waals surface area contributed by atoms with Crippen molar-refractivity contribution in [2.75, 3.05) is 11.9 Å². The van der Waals surface area contributed by atoms with Crippen LogP contribution in [0.15, 0.2) is 6.33 Å². The van der Waals surface area contributed by atoms with Gasteiger partial charge in [-0.15, -0.1) is 0 Å². The van der Waals surface area contributed by atoms with Gasteiger partial charge in [0.15, 0.2) is 11.5 Å². The SMILES string of the molecule is Nc1nc(Cl)nc2c1ncn2[C@H]1C[C@H](OP(=O)(O)O)[C@@]2(CP(=O)(O)O)C[C@H]12. The Hall–Kier alpha value is -1.10. The van der Waals surface area contributed by atoms with Gasteiger partial charge in [0.2, 0.25) is 5.28 Å². The van der Waals surface area contributed by atoms with Crippen LogP contribution >= 0.6 is 27.0 Å². The fraction of sp³-hybridized carbons (Fsp3) is 0.583. The quantitative estimate of drug-likeness (QED) is 0.324. The van der Waals surface area contributed by atoms with Gasteiger partial charge in [-0.1, -0.05) is 0 Å². The molecule has 12 nitrogen and oxygen atoms in total. The molecule has 2 aliphatic rings. The van der Waals surface area contributed by atoms with E-state index >= 15 is 0 Å². The minimum atomic E-state index is -4.85. The maximum atomic E-state index is 11.6. The summed E-state index contributed by atoms with van der Waals surface area (Å²) in [5, 5.41) is -0.0833. The van der Waals surface area contributed by atoms with Crippen molar-refractivity contribution in [3.63, 3.8) is 0 Å². The summed E-state index contributed by atoms with van der Waals surface area (Å²) in [6, 6.07) is -0.386. The number of imidazole rings is 1. The summed E-state index contributed by atoms with van der Waals surface area (Å²) in [5.74, 6) is -0.184. The molecule has 0 aromatic carbocycles. The van der Waals surface area contributed by atoms with E-state index in [-0.39, 0.29) is 29.5 Å². The van der Waals surface area contributed by atoms with Crippen LogP contribution in [0.25, 0.3) is 11.2 Å². The zero-order chi connectivity index (χ0) is 19.8. The molecule has 2 aliphatic carbocycles. The Balaban J connectivity index is 1.74. The number of nitrogens with zero attached hydrogens (tertiary/aromatic N) is 4. The first-order valence-electron chi connectivity index (χ1n) is 7.84. The molecular formula is C12H16ClN5O7P2. The minimum Gasteiger partial charge on any atom is -0.382 e. The van der Waals surface area contributed by atoms with Crippen LogP contribution in [0.3, 0.4) is 0 Å². The predicted octanol–water partition coefficient (Wildman–Crippen LogP) is 0.669. The van der Waals surface area contributed by atoms with Gasteiger partial charge < -0.3 is 29.9 Å². The Kier molecular flexibility index (Phi) is 4.24. The van der Waals surface area contributed by atoms with E-state index in [1.165, 1.54) is 6.33 Å². The lowest BCUT2D eigenvalue weighted by Gasteiger charge is -2.24. The van der Waals surface area contributed by atoms with Crippen molar-refractivity contribution >= 4 is 44.0 Å². The molecule has 2 fully saturated rings. The zero-order valence-electron chi connectivity index (χ0n) is 13.6. The smallest absolute Gasteiger partial charge is 0.382 e. The molecule has 2 aromatic heterocycles. The lowest BCUT2D eigenvalue weighted by Crippen LogP contribution is -2.25. The molecule has 2 aromatic rings. The summed E-state index contributed by atoms with van der Waals surface area (Å²) in [5.41, 5.74) is 5.43. The number of phosphoric acid groups is 1. The number of rotatable bonds is 5. The molecule has 15 heteroatoms. The van der Waals surface area contributed by atoms with Crippen molar-refractivity contribution in [3.05, 3.63) is 11.6 Å². The first-order chi connectivity index (χ1) is 12.4. The third kappa shape index (κ3) is 3.41. The largest absolute Gasteiger partial charge is 0.469 e. The van der Waals surface area contributed by atoms with Crippen molar-refractivity contribution in [3.8, 4) is 0 Å². The first-order valence-corrected chi connectivity index (χ1v) is 11.5. The second-order valence-electron chi connectivity index (χ2n) is 6.96. The average molecular weight is 440 g/mol. The number of nitrogens with two attached hydrogens (primary N) is 1. The highest BCUT2D eigenvalue weighted by molar-refractivity contribution is 7.51. The van der Waals surface area contributed by atoms with Crippen LogP contribution in [-0.2, 0) is 13.7 Å². The summed E-state index contributed by atoms with van der Waals surface area (Å²) in [6.07, 6.45) is 0.394. The van der Waals surface area contributed by atoms with Crippen molar-refractivity contribution in [2.45, 2.75) is 25.0 Å². The van der Waals surface area contributed by atoms with E-state index in [0.717, 1.165) is 0 Å². The van der Waals surface area contributed by atoms with Gasteiger partial charge in [-0.05, 0) is 30.4 Å². The Morgan fingerprint density at radius 3 is 2.67 bits per heavy atom. The monoisotopic (exact) mass is 439 g/mol. The minimum absolute atomic E-state index is 0.0833. The predicted molar refractivity (Wildman–Crippen MR) is 92.8 cm³/mol. The summed E-state index contributed by atoms with van der Waals surface area (Å²) in [4.78, 5) is 49.4. The molecule has 2 saturated carbocycles. The molecular weight excluding hydrogens is 424 g/mol. The standard InChI is InChI=1S/C12H16ClN5O7P2/c13-11-16-9(14)8-10(17-11)18(4-15-8)6-1-7(25-27(22,23)24)12(2-5(6)12)3-26(19,20)21/h4-7H,1-3H2,(H2,14,16,17)(H2,19,20,21)(H2,22,23,24)/t5-,6+,7+,12-/m1/s1. The lowest BCUT2D eigenvalue weighted by molar-refractivity contribution is 0.0882. The average Bonchev–Trinajstić information content (AvgIpc) is 2.89. The number of phosphoric ester groups is 1. The van der Waals surface area contributed by atoms with Gasteiger partial charge in [0.25, 0.3) is 0 Å². The topological polar surface area (TPSA) is 194 Å². The van der Waals surface area contributed by atoms with Crippen LogP contribution in [0.1, 0.15) is 18.9 Å². The fourth-order valence-electron chi connectivity index (χ4n) is 4.30. The molecule has 0 radical (unpaired) electrons. The normalized spacial score (nSPS) is 30.6. The van der Waals surface area contributed by atoms with Crippen molar-refractivity contribution in [1.29, 1.82) is 0 Å². The summed E-state index contributed by atoms with van der Waals surface area (Å²) in [6.45, 7) is 0. The number of nitrogen functional groups attached to an aromatic ring is 1. The summed E-state index contributed by atoms with van der Waals surface area (Å²) in [7, 11) is -9.28. The maximum absolute atomic E-state index is 11.6. The van der Waals surface area contributed by atoms with E-state index in [1.807, 2.05) is 0 Å². The number of halogens is 1. The van der Waals surface area contributed by atoms with Gasteiger partial charge in [-0.3, -0.25) is 9.09 Å². The molecule has 4 atom stereocenters.